The van der Waals surface area contributed by atoms with Gasteiger partial charge in [0.2, 0.25) is 5.82 Å². The number of benzene rings is 1. The molecular weight excluding hydrogens is 209 g/mol. The Balaban J connectivity index is 2.82. The number of nitrogens with one attached hydrogen (secondary N) is 2. The molecule has 1 aromatic rings. The molecule has 0 saturated heterocycles. The SMILES string of the molecule is O=C(O)NNc1ccc([N+](=O)[O-])c(F)c1. The molecule has 15 heavy (non-hydrogen) atoms. The quantitative estimate of drug-likeness (QED) is 0.521. The van der Waals surface area contributed by atoms with Gasteiger partial charge in [0.25, 0.3) is 0 Å². The average Bonchev–Trinajstić information content (AvgIpc) is 2.14. The Morgan fingerprint density at radius 1 is 1.53 bits per heavy atom. The minimum atomic E-state index is -1.35. The van der Waals surface area contributed by atoms with Gasteiger partial charge in [0.1, 0.15) is 0 Å². The summed E-state index contributed by atoms with van der Waals surface area (Å²) in [5.41, 5.74) is 3.31. The average molecular weight is 215 g/mol. The molecule has 0 aliphatic rings. The number of hydrogen-bond donors (Lipinski definition) is 3. The van der Waals surface area contributed by atoms with Crippen molar-refractivity contribution in [2.75, 3.05) is 5.43 Å². The highest BCUT2D eigenvalue weighted by atomic mass is 19.1. The highest BCUT2D eigenvalue weighted by Gasteiger charge is 2.13. The summed E-state index contributed by atoms with van der Waals surface area (Å²) in [6, 6.07) is 2.92. The molecule has 0 spiro atoms. The van der Waals surface area contributed by atoms with Crippen LogP contribution in [0, 0.1) is 15.9 Å². The van der Waals surface area contributed by atoms with Crippen LogP contribution < -0.4 is 10.9 Å². The van der Waals surface area contributed by atoms with Crippen molar-refractivity contribution in [1.29, 1.82) is 0 Å². The van der Waals surface area contributed by atoms with E-state index in [9.17, 15) is 19.3 Å². The van der Waals surface area contributed by atoms with Gasteiger partial charge in [-0.05, 0) is 6.07 Å². The second-order valence-corrected chi connectivity index (χ2v) is 2.48. The monoisotopic (exact) mass is 215 g/mol. The molecule has 0 aromatic heterocycles. The number of halogens is 1. The van der Waals surface area contributed by atoms with E-state index in [2.05, 4.69) is 5.43 Å². The summed E-state index contributed by atoms with van der Waals surface area (Å²) in [5, 5.41) is 18.4. The van der Waals surface area contributed by atoms with Crippen LogP contribution in [0.5, 0.6) is 0 Å². The molecule has 0 atom stereocenters. The van der Waals surface area contributed by atoms with Crippen LogP contribution in [0.2, 0.25) is 0 Å². The van der Waals surface area contributed by atoms with Crippen molar-refractivity contribution in [1.82, 2.24) is 5.43 Å². The summed E-state index contributed by atoms with van der Waals surface area (Å²) in [4.78, 5) is 19.4. The van der Waals surface area contributed by atoms with Crippen LogP contribution in [0.25, 0.3) is 0 Å². The van der Waals surface area contributed by atoms with Crippen LogP contribution in [0.4, 0.5) is 20.6 Å². The summed E-state index contributed by atoms with van der Waals surface area (Å²) in [7, 11) is 0. The largest absolute Gasteiger partial charge is 0.464 e. The zero-order chi connectivity index (χ0) is 11.4. The molecule has 0 aliphatic carbocycles. The molecule has 0 fully saturated rings. The van der Waals surface area contributed by atoms with E-state index in [1.165, 1.54) is 6.07 Å². The second kappa shape index (κ2) is 4.22. The Kier molecular flexibility index (Phi) is 3.01. The van der Waals surface area contributed by atoms with Crippen LogP contribution in [0.1, 0.15) is 0 Å². The third kappa shape index (κ3) is 2.79. The first kappa shape index (κ1) is 10.7. The molecule has 7 nitrogen and oxygen atoms in total. The molecule has 3 N–H and O–H groups in total. The number of carboxylic acid groups (broad SMARTS) is 1. The molecule has 1 rings (SSSR count). The van der Waals surface area contributed by atoms with E-state index in [0.717, 1.165) is 12.1 Å². The van der Waals surface area contributed by atoms with E-state index in [1.807, 2.05) is 0 Å². The van der Waals surface area contributed by atoms with Crippen molar-refractivity contribution >= 4 is 17.5 Å². The summed E-state index contributed by atoms with van der Waals surface area (Å²) in [5.74, 6) is -1.04. The minimum Gasteiger partial charge on any atom is -0.464 e. The lowest BCUT2D eigenvalue weighted by atomic mass is 10.3. The molecule has 8 heteroatoms. The summed E-state index contributed by atoms with van der Waals surface area (Å²) < 4.78 is 13.0. The molecule has 0 saturated carbocycles. The normalized spacial score (nSPS) is 9.40. The Hall–Kier alpha value is -2.38. The fourth-order valence-corrected chi connectivity index (χ4v) is 0.858. The number of carbonyl (C=O) groups is 1. The van der Waals surface area contributed by atoms with Gasteiger partial charge in [0.15, 0.2) is 0 Å². The molecule has 80 valence electrons. The van der Waals surface area contributed by atoms with Gasteiger partial charge < -0.3 is 5.11 Å². The van der Waals surface area contributed by atoms with Crippen molar-refractivity contribution in [2.45, 2.75) is 0 Å². The topological polar surface area (TPSA) is 104 Å². The van der Waals surface area contributed by atoms with Crippen molar-refractivity contribution < 1.29 is 19.2 Å². The lowest BCUT2D eigenvalue weighted by Crippen LogP contribution is -2.27. The minimum absolute atomic E-state index is 0.0699. The summed E-state index contributed by atoms with van der Waals surface area (Å²) in [6.45, 7) is 0. The number of anilines is 1. The molecular formula is C7H6FN3O4. The van der Waals surface area contributed by atoms with Crippen LogP contribution in [0.3, 0.4) is 0 Å². The van der Waals surface area contributed by atoms with E-state index in [0.29, 0.717) is 0 Å². The number of nitro groups is 1. The standard InChI is InChI=1S/C7H6FN3O4/c8-5-3-4(9-10-7(12)13)1-2-6(5)11(14)15/h1-3,9-10H,(H,12,13). The van der Waals surface area contributed by atoms with Gasteiger partial charge in [-0.2, -0.15) is 4.39 Å². The van der Waals surface area contributed by atoms with Crippen LogP contribution in [-0.4, -0.2) is 16.1 Å². The molecule has 0 heterocycles. The third-order valence-corrected chi connectivity index (χ3v) is 1.46. The van der Waals surface area contributed by atoms with E-state index in [-0.39, 0.29) is 5.69 Å². The van der Waals surface area contributed by atoms with Crippen LogP contribution >= 0.6 is 0 Å². The number of hydrogen-bond acceptors (Lipinski definition) is 4. The van der Waals surface area contributed by atoms with E-state index in [4.69, 9.17) is 5.11 Å². The van der Waals surface area contributed by atoms with Gasteiger partial charge in [0, 0.05) is 12.1 Å². The Bertz CT molecular complexity index is 409. The Morgan fingerprint density at radius 3 is 2.67 bits per heavy atom. The van der Waals surface area contributed by atoms with Gasteiger partial charge >= 0.3 is 11.8 Å². The lowest BCUT2D eigenvalue weighted by Gasteiger charge is -2.04. The maximum Gasteiger partial charge on any atom is 0.423 e. The first-order valence-electron chi connectivity index (χ1n) is 3.69. The molecule has 0 bridgehead atoms. The van der Waals surface area contributed by atoms with Gasteiger partial charge in [-0.1, -0.05) is 0 Å². The Morgan fingerprint density at radius 2 is 2.20 bits per heavy atom. The fraction of sp³-hybridized carbons (Fsp3) is 0. The Labute approximate surface area is 82.6 Å². The van der Waals surface area contributed by atoms with Crippen LogP contribution in [-0.2, 0) is 0 Å². The third-order valence-electron chi connectivity index (χ3n) is 1.46. The maximum atomic E-state index is 13.0. The van der Waals surface area contributed by atoms with Crippen LogP contribution in [0.15, 0.2) is 18.2 Å². The first-order valence-corrected chi connectivity index (χ1v) is 3.69. The molecule has 0 radical (unpaired) electrons. The summed E-state index contributed by atoms with van der Waals surface area (Å²) >= 11 is 0. The van der Waals surface area contributed by atoms with Gasteiger partial charge in [0.05, 0.1) is 10.6 Å². The van der Waals surface area contributed by atoms with E-state index in [1.54, 1.807) is 5.43 Å². The molecule has 1 amide bonds. The predicted octanol–water partition coefficient (Wildman–Crippen LogP) is 1.33. The van der Waals surface area contributed by atoms with E-state index < -0.39 is 22.5 Å². The smallest absolute Gasteiger partial charge is 0.423 e. The zero-order valence-corrected chi connectivity index (χ0v) is 7.23. The molecule has 0 aliphatic heterocycles. The zero-order valence-electron chi connectivity index (χ0n) is 7.23. The van der Waals surface area contributed by atoms with Crippen molar-refractivity contribution in [2.24, 2.45) is 0 Å². The van der Waals surface area contributed by atoms with E-state index >= 15 is 0 Å². The fourth-order valence-electron chi connectivity index (χ4n) is 0.858. The second-order valence-electron chi connectivity index (χ2n) is 2.48. The lowest BCUT2D eigenvalue weighted by molar-refractivity contribution is -0.387. The highest BCUT2D eigenvalue weighted by Crippen LogP contribution is 2.20. The molecule has 0 unspecified atom stereocenters. The predicted molar refractivity (Wildman–Crippen MR) is 47.8 cm³/mol. The number of amides is 1. The highest BCUT2D eigenvalue weighted by molar-refractivity contribution is 5.67. The number of nitro benzene ring substituents is 1. The number of nitrogens with zero attached hydrogens (tertiary/aromatic N) is 1. The number of rotatable bonds is 3. The first-order chi connectivity index (χ1) is 7.00. The molecule has 1 aromatic carbocycles. The van der Waals surface area contributed by atoms with Crippen molar-refractivity contribution in [3.05, 3.63) is 34.1 Å². The number of hydrazine groups is 1. The van der Waals surface area contributed by atoms with Crippen molar-refractivity contribution in [3.63, 3.8) is 0 Å². The van der Waals surface area contributed by atoms with Crippen molar-refractivity contribution in [3.8, 4) is 0 Å². The summed E-state index contributed by atoms with van der Waals surface area (Å²) in [6.07, 6.45) is -1.35. The van der Waals surface area contributed by atoms with Gasteiger partial charge in [-0.3, -0.25) is 15.5 Å². The van der Waals surface area contributed by atoms with Gasteiger partial charge in [-0.25, -0.2) is 10.2 Å². The van der Waals surface area contributed by atoms with Gasteiger partial charge in [-0.15, -0.1) is 0 Å². The maximum absolute atomic E-state index is 13.0.